The van der Waals surface area contributed by atoms with Gasteiger partial charge in [-0.05, 0) is 18.6 Å². The van der Waals surface area contributed by atoms with Crippen LogP contribution in [0.15, 0.2) is 24.5 Å². The van der Waals surface area contributed by atoms with Gasteiger partial charge in [-0.25, -0.2) is 4.98 Å². The Morgan fingerprint density at radius 2 is 2.36 bits per heavy atom. The molecule has 0 spiro atoms. The van der Waals surface area contributed by atoms with Gasteiger partial charge in [-0.15, -0.1) is 0 Å². The minimum Gasteiger partial charge on any atom is -0.493 e. The van der Waals surface area contributed by atoms with Crippen LogP contribution in [0.5, 0.6) is 5.88 Å². The minimum absolute atomic E-state index is 0.184. The number of rotatable bonds is 0. The van der Waals surface area contributed by atoms with Crippen molar-refractivity contribution in [2.24, 2.45) is 0 Å². The number of imidazole rings is 1. The van der Waals surface area contributed by atoms with Crippen LogP contribution in [0, 0.1) is 6.92 Å². The Kier molecular flexibility index (Phi) is 1.12. The normalized spacial score (nSPS) is 10.6. The van der Waals surface area contributed by atoms with Crippen LogP contribution in [-0.2, 0) is 0 Å². The van der Waals surface area contributed by atoms with Gasteiger partial charge in [0.1, 0.15) is 5.65 Å². The summed E-state index contributed by atoms with van der Waals surface area (Å²) in [7, 11) is 0. The molecule has 3 heteroatoms. The zero-order valence-corrected chi connectivity index (χ0v) is 6.15. The molecular formula is C8H8N2O. The molecule has 0 saturated carbocycles. The summed E-state index contributed by atoms with van der Waals surface area (Å²) in [6.07, 6.45) is 3.23. The molecule has 3 nitrogen and oxygen atoms in total. The van der Waals surface area contributed by atoms with Gasteiger partial charge in [-0.3, -0.25) is 4.40 Å². The van der Waals surface area contributed by atoms with E-state index in [0.29, 0.717) is 0 Å². The van der Waals surface area contributed by atoms with Gasteiger partial charge >= 0.3 is 0 Å². The third kappa shape index (κ3) is 0.774. The van der Waals surface area contributed by atoms with E-state index in [4.69, 9.17) is 0 Å². The molecule has 2 aromatic heterocycles. The number of pyridine rings is 1. The molecule has 2 rings (SSSR count). The predicted octanol–water partition coefficient (Wildman–Crippen LogP) is 1.35. The van der Waals surface area contributed by atoms with Crippen molar-refractivity contribution in [1.29, 1.82) is 0 Å². The van der Waals surface area contributed by atoms with Crippen LogP contribution >= 0.6 is 0 Å². The molecular weight excluding hydrogens is 140 g/mol. The third-order valence-electron chi connectivity index (χ3n) is 1.71. The van der Waals surface area contributed by atoms with Crippen LogP contribution in [0.2, 0.25) is 0 Å². The van der Waals surface area contributed by atoms with Gasteiger partial charge in [0.05, 0.1) is 6.20 Å². The predicted molar refractivity (Wildman–Crippen MR) is 41.6 cm³/mol. The second-order valence-electron chi connectivity index (χ2n) is 2.50. The molecule has 0 bridgehead atoms. The molecule has 0 amide bonds. The maximum atomic E-state index is 9.24. The van der Waals surface area contributed by atoms with Gasteiger partial charge < -0.3 is 5.11 Å². The van der Waals surface area contributed by atoms with Crippen molar-refractivity contribution >= 4 is 5.65 Å². The average molecular weight is 148 g/mol. The first-order chi connectivity index (χ1) is 5.29. The van der Waals surface area contributed by atoms with E-state index >= 15 is 0 Å². The second kappa shape index (κ2) is 1.99. The molecule has 0 unspecified atom stereocenters. The molecule has 11 heavy (non-hydrogen) atoms. The molecule has 2 heterocycles. The summed E-state index contributed by atoms with van der Waals surface area (Å²) in [5, 5.41) is 9.24. The fourth-order valence-electron chi connectivity index (χ4n) is 1.14. The number of aromatic nitrogens is 2. The summed E-state index contributed by atoms with van der Waals surface area (Å²) >= 11 is 0. The van der Waals surface area contributed by atoms with Gasteiger partial charge in [0.15, 0.2) is 0 Å². The lowest BCUT2D eigenvalue weighted by Gasteiger charge is -1.95. The smallest absolute Gasteiger partial charge is 0.215 e. The number of hydrogen-bond acceptors (Lipinski definition) is 2. The van der Waals surface area contributed by atoms with E-state index in [9.17, 15) is 5.11 Å². The number of nitrogens with zero attached hydrogens (tertiary/aromatic N) is 2. The van der Waals surface area contributed by atoms with Gasteiger partial charge in [-0.2, -0.15) is 0 Å². The molecule has 0 aliphatic carbocycles. The second-order valence-corrected chi connectivity index (χ2v) is 2.50. The van der Waals surface area contributed by atoms with Crippen molar-refractivity contribution in [1.82, 2.24) is 9.38 Å². The molecule has 0 atom stereocenters. The number of hydrogen-bond donors (Lipinski definition) is 1. The Morgan fingerprint density at radius 3 is 3.09 bits per heavy atom. The SMILES string of the molecule is Cc1cccn2c(O)cnc12. The first kappa shape index (κ1) is 6.22. The van der Waals surface area contributed by atoms with Gasteiger partial charge in [-0.1, -0.05) is 6.07 Å². The Balaban J connectivity index is 2.94. The van der Waals surface area contributed by atoms with E-state index in [-0.39, 0.29) is 5.88 Å². The van der Waals surface area contributed by atoms with Gasteiger partial charge in [0, 0.05) is 6.20 Å². The fourth-order valence-corrected chi connectivity index (χ4v) is 1.14. The highest BCUT2D eigenvalue weighted by atomic mass is 16.3. The fraction of sp³-hybridized carbons (Fsp3) is 0.125. The van der Waals surface area contributed by atoms with Crippen LogP contribution in [-0.4, -0.2) is 14.5 Å². The number of fused-ring (bicyclic) bond motifs is 1. The van der Waals surface area contributed by atoms with Crippen molar-refractivity contribution in [3.63, 3.8) is 0 Å². The van der Waals surface area contributed by atoms with E-state index in [1.165, 1.54) is 6.20 Å². The molecule has 0 radical (unpaired) electrons. The van der Waals surface area contributed by atoms with Crippen molar-refractivity contribution in [3.05, 3.63) is 30.1 Å². The molecule has 0 fully saturated rings. The lowest BCUT2D eigenvalue weighted by atomic mass is 10.3. The summed E-state index contributed by atoms with van der Waals surface area (Å²) in [6.45, 7) is 1.96. The van der Waals surface area contributed by atoms with Gasteiger partial charge in [0.2, 0.25) is 5.88 Å². The zero-order chi connectivity index (χ0) is 7.84. The van der Waals surface area contributed by atoms with E-state index in [0.717, 1.165) is 11.2 Å². The van der Waals surface area contributed by atoms with Crippen LogP contribution in [0.1, 0.15) is 5.56 Å². The topological polar surface area (TPSA) is 37.5 Å². The molecule has 1 N–H and O–H groups in total. The van der Waals surface area contributed by atoms with E-state index < -0.39 is 0 Å². The van der Waals surface area contributed by atoms with Crippen molar-refractivity contribution in [2.75, 3.05) is 0 Å². The third-order valence-corrected chi connectivity index (χ3v) is 1.71. The largest absolute Gasteiger partial charge is 0.493 e. The maximum Gasteiger partial charge on any atom is 0.215 e. The van der Waals surface area contributed by atoms with Crippen LogP contribution in [0.3, 0.4) is 0 Å². The summed E-state index contributed by atoms with van der Waals surface area (Å²) < 4.78 is 1.65. The Bertz CT molecular complexity index is 392. The Hall–Kier alpha value is -1.51. The van der Waals surface area contributed by atoms with Gasteiger partial charge in [0.25, 0.3) is 0 Å². The molecule has 2 aromatic rings. The average Bonchev–Trinajstić information content (AvgIpc) is 2.35. The van der Waals surface area contributed by atoms with Crippen LogP contribution in [0.4, 0.5) is 0 Å². The summed E-state index contributed by atoms with van der Waals surface area (Å²) in [5.74, 6) is 0.184. The highest BCUT2D eigenvalue weighted by Gasteiger charge is 2.00. The zero-order valence-electron chi connectivity index (χ0n) is 6.15. The first-order valence-electron chi connectivity index (χ1n) is 3.40. The Morgan fingerprint density at radius 1 is 1.55 bits per heavy atom. The van der Waals surface area contributed by atoms with Crippen LogP contribution < -0.4 is 0 Å². The minimum atomic E-state index is 0.184. The van der Waals surface area contributed by atoms with Crippen molar-refractivity contribution < 1.29 is 5.11 Å². The molecule has 56 valence electrons. The van der Waals surface area contributed by atoms with Crippen molar-refractivity contribution in [2.45, 2.75) is 6.92 Å². The Labute approximate surface area is 63.9 Å². The van der Waals surface area contributed by atoms with Crippen LogP contribution in [0.25, 0.3) is 5.65 Å². The molecule has 0 aliphatic heterocycles. The molecule has 0 aliphatic rings. The number of aryl methyl sites for hydroxylation is 1. The van der Waals surface area contributed by atoms with E-state index in [1.54, 1.807) is 10.6 Å². The highest BCUT2D eigenvalue weighted by Crippen LogP contribution is 2.14. The standard InChI is InChI=1S/C8H8N2O/c1-6-3-2-4-10-7(11)5-9-8(6)10/h2-5,11H,1H3. The van der Waals surface area contributed by atoms with E-state index in [2.05, 4.69) is 4.98 Å². The monoisotopic (exact) mass is 148 g/mol. The first-order valence-corrected chi connectivity index (χ1v) is 3.40. The lowest BCUT2D eigenvalue weighted by Crippen LogP contribution is -1.85. The van der Waals surface area contributed by atoms with E-state index in [1.807, 2.05) is 19.1 Å². The summed E-state index contributed by atoms with van der Waals surface area (Å²) in [6, 6.07) is 3.84. The molecule has 0 saturated heterocycles. The molecule has 0 aromatic carbocycles. The summed E-state index contributed by atoms with van der Waals surface area (Å²) in [5.41, 5.74) is 1.87. The number of aromatic hydroxyl groups is 1. The highest BCUT2D eigenvalue weighted by molar-refractivity contribution is 5.49. The summed E-state index contributed by atoms with van der Waals surface area (Å²) in [4.78, 5) is 4.03. The lowest BCUT2D eigenvalue weighted by molar-refractivity contribution is 0.448. The quantitative estimate of drug-likeness (QED) is 0.612. The van der Waals surface area contributed by atoms with Crippen molar-refractivity contribution in [3.8, 4) is 5.88 Å². The maximum absolute atomic E-state index is 9.24.